The standard InChI is InChI=1S/C20H19N5O2S/c1-3-25-13-22-23-20(25)16-7-4-8-17(11-16)24-28(26,27)18-9-5-6-15-10-14(2)12-21-19(15)18/h4-13,24H,3H2,1-2H3. The third-order valence-corrected chi connectivity index (χ3v) is 5.84. The molecule has 4 rings (SSSR count). The quantitative estimate of drug-likeness (QED) is 0.559. The zero-order valence-electron chi connectivity index (χ0n) is 15.5. The van der Waals surface area contributed by atoms with Crippen LogP contribution in [-0.4, -0.2) is 28.2 Å². The molecule has 0 saturated carbocycles. The third-order valence-electron chi connectivity index (χ3n) is 4.43. The van der Waals surface area contributed by atoms with E-state index < -0.39 is 10.0 Å². The van der Waals surface area contributed by atoms with Gasteiger partial charge in [-0.15, -0.1) is 10.2 Å². The van der Waals surface area contributed by atoms with Crippen LogP contribution in [0.4, 0.5) is 5.69 Å². The molecule has 0 atom stereocenters. The lowest BCUT2D eigenvalue weighted by Gasteiger charge is -2.11. The van der Waals surface area contributed by atoms with Crippen LogP contribution >= 0.6 is 0 Å². The highest BCUT2D eigenvalue weighted by Gasteiger charge is 2.19. The van der Waals surface area contributed by atoms with Crippen molar-refractivity contribution in [2.45, 2.75) is 25.3 Å². The van der Waals surface area contributed by atoms with Crippen LogP contribution in [0.3, 0.4) is 0 Å². The second kappa shape index (κ2) is 7.05. The predicted molar refractivity (Wildman–Crippen MR) is 108 cm³/mol. The first kappa shape index (κ1) is 18.1. The first-order chi connectivity index (χ1) is 13.5. The number of sulfonamides is 1. The summed E-state index contributed by atoms with van der Waals surface area (Å²) in [7, 11) is -3.81. The van der Waals surface area contributed by atoms with Crippen molar-refractivity contribution in [3.05, 3.63) is 66.6 Å². The van der Waals surface area contributed by atoms with Crippen molar-refractivity contribution in [1.29, 1.82) is 0 Å². The van der Waals surface area contributed by atoms with E-state index in [-0.39, 0.29) is 4.90 Å². The number of pyridine rings is 1. The zero-order chi connectivity index (χ0) is 19.7. The number of nitrogens with one attached hydrogen (secondary N) is 1. The van der Waals surface area contributed by atoms with Crippen molar-refractivity contribution in [2.75, 3.05) is 4.72 Å². The first-order valence-corrected chi connectivity index (χ1v) is 10.3. The number of hydrogen-bond donors (Lipinski definition) is 1. The molecule has 0 unspecified atom stereocenters. The summed E-state index contributed by atoms with van der Waals surface area (Å²) >= 11 is 0. The van der Waals surface area contributed by atoms with E-state index in [1.165, 1.54) is 0 Å². The van der Waals surface area contributed by atoms with Gasteiger partial charge in [0.15, 0.2) is 5.82 Å². The Morgan fingerprint density at radius 1 is 1.11 bits per heavy atom. The molecule has 0 aliphatic carbocycles. The van der Waals surface area contributed by atoms with Gasteiger partial charge in [-0.1, -0.05) is 24.3 Å². The van der Waals surface area contributed by atoms with Gasteiger partial charge in [0.25, 0.3) is 10.0 Å². The van der Waals surface area contributed by atoms with Crippen LogP contribution in [0.15, 0.2) is 66.0 Å². The minimum atomic E-state index is -3.81. The summed E-state index contributed by atoms with van der Waals surface area (Å²) in [6, 6.07) is 14.2. The van der Waals surface area contributed by atoms with E-state index in [0.717, 1.165) is 23.1 Å². The first-order valence-electron chi connectivity index (χ1n) is 8.84. The van der Waals surface area contributed by atoms with Crippen molar-refractivity contribution in [2.24, 2.45) is 0 Å². The lowest BCUT2D eigenvalue weighted by molar-refractivity contribution is 0.602. The number of anilines is 1. The summed E-state index contributed by atoms with van der Waals surface area (Å²) in [6.07, 6.45) is 3.31. The number of aromatic nitrogens is 4. The Balaban J connectivity index is 1.72. The summed E-state index contributed by atoms with van der Waals surface area (Å²) in [6.45, 7) is 4.64. The predicted octanol–water partition coefficient (Wildman–Crippen LogP) is 3.62. The van der Waals surface area contributed by atoms with Crippen LogP contribution in [0.1, 0.15) is 12.5 Å². The van der Waals surface area contributed by atoms with Gasteiger partial charge in [-0.05, 0) is 43.7 Å². The highest BCUT2D eigenvalue weighted by atomic mass is 32.2. The van der Waals surface area contributed by atoms with Crippen LogP contribution in [0, 0.1) is 6.92 Å². The zero-order valence-corrected chi connectivity index (χ0v) is 16.3. The molecule has 0 fully saturated rings. The van der Waals surface area contributed by atoms with Gasteiger partial charge in [-0.2, -0.15) is 0 Å². The molecule has 0 radical (unpaired) electrons. The Morgan fingerprint density at radius 2 is 1.93 bits per heavy atom. The Hall–Kier alpha value is -3.26. The second-order valence-electron chi connectivity index (χ2n) is 6.47. The molecule has 8 heteroatoms. The lowest BCUT2D eigenvalue weighted by atomic mass is 10.2. The Bertz CT molecular complexity index is 1260. The average Bonchev–Trinajstić information content (AvgIpc) is 3.16. The molecular formula is C20H19N5O2S. The number of para-hydroxylation sites is 1. The SMILES string of the molecule is CCn1cnnc1-c1cccc(NS(=O)(=O)c2cccc3cc(C)cnc23)c1. The van der Waals surface area contributed by atoms with Gasteiger partial charge in [-0.25, -0.2) is 8.42 Å². The largest absolute Gasteiger partial charge is 0.314 e. The summed E-state index contributed by atoms with van der Waals surface area (Å²) in [5, 5.41) is 8.84. The molecule has 142 valence electrons. The molecular weight excluding hydrogens is 374 g/mol. The maximum absolute atomic E-state index is 13.0. The van der Waals surface area contributed by atoms with Gasteiger partial charge in [0.05, 0.1) is 5.52 Å². The molecule has 0 spiro atoms. The van der Waals surface area contributed by atoms with E-state index in [1.807, 2.05) is 36.6 Å². The highest BCUT2D eigenvalue weighted by Crippen LogP contribution is 2.26. The Morgan fingerprint density at radius 3 is 2.75 bits per heavy atom. The minimum absolute atomic E-state index is 0.145. The number of aryl methyl sites for hydroxylation is 2. The molecule has 4 aromatic rings. The fourth-order valence-corrected chi connectivity index (χ4v) is 4.33. The maximum Gasteiger partial charge on any atom is 0.264 e. The third kappa shape index (κ3) is 3.34. The van der Waals surface area contributed by atoms with Crippen LogP contribution < -0.4 is 4.72 Å². The van der Waals surface area contributed by atoms with E-state index in [2.05, 4.69) is 19.9 Å². The van der Waals surface area contributed by atoms with Gasteiger partial charge in [0.1, 0.15) is 11.2 Å². The molecule has 2 aromatic heterocycles. The van der Waals surface area contributed by atoms with Crippen molar-refractivity contribution in [1.82, 2.24) is 19.7 Å². The number of hydrogen-bond acceptors (Lipinski definition) is 5. The number of fused-ring (bicyclic) bond motifs is 1. The lowest BCUT2D eigenvalue weighted by Crippen LogP contribution is -2.14. The van der Waals surface area contributed by atoms with Gasteiger partial charge in [0.2, 0.25) is 0 Å². The molecule has 2 aromatic carbocycles. The Labute approximate surface area is 163 Å². The van der Waals surface area contributed by atoms with E-state index in [4.69, 9.17) is 0 Å². The molecule has 0 amide bonds. The molecule has 0 aliphatic heterocycles. The monoisotopic (exact) mass is 393 g/mol. The van der Waals surface area contributed by atoms with Crippen LogP contribution in [-0.2, 0) is 16.6 Å². The van der Waals surface area contributed by atoms with Crippen LogP contribution in [0.25, 0.3) is 22.3 Å². The van der Waals surface area contributed by atoms with Gasteiger partial charge in [-0.3, -0.25) is 9.71 Å². The van der Waals surface area contributed by atoms with Crippen molar-refractivity contribution in [3.63, 3.8) is 0 Å². The minimum Gasteiger partial charge on any atom is -0.314 e. The fourth-order valence-electron chi connectivity index (χ4n) is 3.10. The number of nitrogens with zero attached hydrogens (tertiary/aromatic N) is 4. The Kier molecular flexibility index (Phi) is 4.56. The second-order valence-corrected chi connectivity index (χ2v) is 8.12. The van der Waals surface area contributed by atoms with Crippen molar-refractivity contribution >= 4 is 26.6 Å². The molecule has 0 aliphatic rings. The van der Waals surface area contributed by atoms with E-state index >= 15 is 0 Å². The van der Waals surface area contributed by atoms with E-state index in [1.54, 1.807) is 42.9 Å². The van der Waals surface area contributed by atoms with Gasteiger partial charge in [0, 0.05) is 29.4 Å². The number of benzene rings is 2. The van der Waals surface area contributed by atoms with Gasteiger partial charge >= 0.3 is 0 Å². The van der Waals surface area contributed by atoms with Gasteiger partial charge < -0.3 is 4.57 Å². The summed E-state index contributed by atoms with van der Waals surface area (Å²) in [5.74, 6) is 0.686. The summed E-state index contributed by atoms with van der Waals surface area (Å²) < 4.78 is 30.6. The fraction of sp³-hybridized carbons (Fsp3) is 0.150. The van der Waals surface area contributed by atoms with Crippen molar-refractivity contribution in [3.8, 4) is 11.4 Å². The van der Waals surface area contributed by atoms with E-state index in [0.29, 0.717) is 17.0 Å². The van der Waals surface area contributed by atoms with Crippen molar-refractivity contribution < 1.29 is 8.42 Å². The van der Waals surface area contributed by atoms with Crippen LogP contribution in [0.5, 0.6) is 0 Å². The topological polar surface area (TPSA) is 89.8 Å². The molecule has 0 bridgehead atoms. The molecule has 1 N–H and O–H groups in total. The number of rotatable bonds is 5. The van der Waals surface area contributed by atoms with E-state index in [9.17, 15) is 8.42 Å². The molecule has 2 heterocycles. The average molecular weight is 393 g/mol. The van der Waals surface area contributed by atoms with Crippen LogP contribution in [0.2, 0.25) is 0 Å². The normalized spacial score (nSPS) is 11.6. The molecule has 0 saturated heterocycles. The molecule has 7 nitrogen and oxygen atoms in total. The summed E-state index contributed by atoms with van der Waals surface area (Å²) in [5.41, 5.74) is 2.66. The smallest absolute Gasteiger partial charge is 0.264 e. The molecule has 28 heavy (non-hydrogen) atoms. The summed E-state index contributed by atoms with van der Waals surface area (Å²) in [4.78, 5) is 4.47. The highest BCUT2D eigenvalue weighted by molar-refractivity contribution is 7.93. The maximum atomic E-state index is 13.0.